The van der Waals surface area contributed by atoms with E-state index in [0.29, 0.717) is 6.10 Å². The van der Waals surface area contributed by atoms with Crippen LogP contribution in [0, 0.1) is 0 Å². The minimum Gasteiger partial charge on any atom is -0.493 e. The van der Waals surface area contributed by atoms with E-state index in [1.54, 1.807) is 28.4 Å². The molecule has 0 radical (unpaired) electrons. The molecule has 0 bridgehead atoms. The number of benzene rings is 2. The first-order valence-corrected chi connectivity index (χ1v) is 12.0. The second-order valence-electron chi connectivity index (χ2n) is 8.97. The van der Waals surface area contributed by atoms with E-state index in [9.17, 15) is 0 Å². The molecular weight excluding hydrogens is 418 g/mol. The average Bonchev–Trinajstić information content (AvgIpc) is 2.87. The molecule has 2 aliphatic rings. The molecule has 1 heterocycles. The zero-order valence-corrected chi connectivity index (χ0v) is 20.4. The number of fused-ring (bicyclic) bond motifs is 1. The predicted molar refractivity (Wildman–Crippen MR) is 129 cm³/mol. The quantitative estimate of drug-likeness (QED) is 0.520. The summed E-state index contributed by atoms with van der Waals surface area (Å²) in [5.74, 6) is 3.08. The van der Waals surface area contributed by atoms with E-state index in [0.717, 1.165) is 61.9 Å². The first kappa shape index (κ1) is 23.7. The van der Waals surface area contributed by atoms with Crippen molar-refractivity contribution in [1.29, 1.82) is 0 Å². The first-order valence-electron chi connectivity index (χ1n) is 12.0. The molecule has 2 aromatic rings. The van der Waals surface area contributed by atoms with Crippen molar-refractivity contribution in [2.24, 2.45) is 0 Å². The van der Waals surface area contributed by atoms with Gasteiger partial charge in [-0.1, -0.05) is 25.3 Å². The summed E-state index contributed by atoms with van der Waals surface area (Å²) in [6.07, 6.45) is 7.48. The van der Waals surface area contributed by atoms with E-state index in [4.69, 9.17) is 23.7 Å². The Labute approximate surface area is 197 Å². The van der Waals surface area contributed by atoms with Gasteiger partial charge in [0.1, 0.15) is 0 Å². The Bertz CT molecular complexity index is 925. The van der Waals surface area contributed by atoms with Crippen molar-refractivity contribution in [3.8, 4) is 23.0 Å². The average molecular weight is 456 g/mol. The van der Waals surface area contributed by atoms with Crippen molar-refractivity contribution >= 4 is 0 Å². The standard InChI is InChI=1S/C27H37NO5/c1-29-23-11-10-19(14-24(23)30-2)12-13-28-17-20-15-25(31-3)26(32-4)16-22(20)27(18-28)33-21-8-6-5-7-9-21/h10-11,14-16,21,27H,5-9,12-13,17-18H2,1-4H3. The van der Waals surface area contributed by atoms with Gasteiger partial charge in [0.25, 0.3) is 0 Å². The summed E-state index contributed by atoms with van der Waals surface area (Å²) >= 11 is 0. The van der Waals surface area contributed by atoms with E-state index in [1.165, 1.54) is 36.0 Å². The molecule has 33 heavy (non-hydrogen) atoms. The third-order valence-corrected chi connectivity index (χ3v) is 6.88. The van der Waals surface area contributed by atoms with Crippen LogP contribution in [0.4, 0.5) is 0 Å². The van der Waals surface area contributed by atoms with Crippen LogP contribution in [0.5, 0.6) is 23.0 Å². The van der Waals surface area contributed by atoms with Crippen molar-refractivity contribution in [2.75, 3.05) is 41.5 Å². The van der Waals surface area contributed by atoms with Crippen LogP contribution in [0.25, 0.3) is 0 Å². The van der Waals surface area contributed by atoms with Crippen molar-refractivity contribution in [2.45, 2.75) is 57.3 Å². The number of hydrogen-bond donors (Lipinski definition) is 0. The lowest BCUT2D eigenvalue weighted by atomic mass is 9.94. The fourth-order valence-electron chi connectivity index (χ4n) is 5.06. The normalized spacial score (nSPS) is 19.1. The Balaban J connectivity index is 1.52. The van der Waals surface area contributed by atoms with E-state index < -0.39 is 0 Å². The van der Waals surface area contributed by atoms with Gasteiger partial charge >= 0.3 is 0 Å². The largest absolute Gasteiger partial charge is 0.493 e. The molecule has 0 spiro atoms. The molecule has 6 nitrogen and oxygen atoms in total. The molecule has 4 rings (SSSR count). The van der Waals surface area contributed by atoms with Crippen LogP contribution in [0.2, 0.25) is 0 Å². The Kier molecular flexibility index (Phi) is 7.99. The van der Waals surface area contributed by atoms with Crippen molar-refractivity contribution in [3.05, 3.63) is 47.0 Å². The Morgan fingerprint density at radius 2 is 1.45 bits per heavy atom. The third-order valence-electron chi connectivity index (χ3n) is 6.88. The fraction of sp³-hybridized carbons (Fsp3) is 0.556. The second-order valence-corrected chi connectivity index (χ2v) is 8.97. The minimum atomic E-state index is 0.0436. The van der Waals surface area contributed by atoms with Crippen molar-refractivity contribution < 1.29 is 23.7 Å². The van der Waals surface area contributed by atoms with Gasteiger partial charge in [0, 0.05) is 19.6 Å². The molecule has 6 heteroatoms. The number of rotatable bonds is 9. The molecule has 0 amide bonds. The zero-order valence-electron chi connectivity index (χ0n) is 20.4. The van der Waals surface area contributed by atoms with Crippen molar-refractivity contribution in [1.82, 2.24) is 4.90 Å². The van der Waals surface area contributed by atoms with Gasteiger partial charge in [-0.3, -0.25) is 4.90 Å². The van der Waals surface area contributed by atoms with Crippen LogP contribution in [-0.2, 0) is 17.7 Å². The smallest absolute Gasteiger partial charge is 0.161 e. The van der Waals surface area contributed by atoms with Crippen LogP contribution < -0.4 is 18.9 Å². The monoisotopic (exact) mass is 455 g/mol. The van der Waals surface area contributed by atoms with Gasteiger partial charge in [-0.05, 0) is 60.2 Å². The SMILES string of the molecule is COc1ccc(CCN2Cc3cc(OC)c(OC)cc3C(OC3CCCCC3)C2)cc1OC. The minimum absolute atomic E-state index is 0.0436. The molecule has 1 aliphatic carbocycles. The first-order chi connectivity index (χ1) is 16.1. The maximum Gasteiger partial charge on any atom is 0.161 e. The van der Waals surface area contributed by atoms with Gasteiger partial charge < -0.3 is 23.7 Å². The molecule has 0 aromatic heterocycles. The molecule has 2 aromatic carbocycles. The lowest BCUT2D eigenvalue weighted by Crippen LogP contribution is -2.37. The molecule has 1 unspecified atom stereocenters. The Morgan fingerprint density at radius 1 is 0.788 bits per heavy atom. The maximum absolute atomic E-state index is 6.71. The molecule has 180 valence electrons. The van der Waals surface area contributed by atoms with Crippen LogP contribution >= 0.6 is 0 Å². The lowest BCUT2D eigenvalue weighted by Gasteiger charge is -2.37. The second kappa shape index (κ2) is 11.1. The third kappa shape index (κ3) is 5.56. The topological polar surface area (TPSA) is 49.4 Å². The summed E-state index contributed by atoms with van der Waals surface area (Å²) in [6.45, 7) is 2.69. The number of nitrogens with zero attached hydrogens (tertiary/aromatic N) is 1. The van der Waals surface area contributed by atoms with Crippen LogP contribution in [-0.4, -0.2) is 52.5 Å². The molecular formula is C27H37NO5. The molecule has 0 saturated heterocycles. The Morgan fingerprint density at radius 3 is 2.15 bits per heavy atom. The summed E-state index contributed by atoms with van der Waals surface area (Å²) in [5, 5.41) is 0. The van der Waals surface area contributed by atoms with Gasteiger partial charge in [0.2, 0.25) is 0 Å². The van der Waals surface area contributed by atoms with Crippen molar-refractivity contribution in [3.63, 3.8) is 0 Å². The summed E-state index contributed by atoms with van der Waals surface area (Å²) < 4.78 is 28.8. The van der Waals surface area contributed by atoms with Gasteiger partial charge in [-0.2, -0.15) is 0 Å². The van der Waals surface area contributed by atoms with Crippen LogP contribution in [0.3, 0.4) is 0 Å². The summed E-state index contributed by atoms with van der Waals surface area (Å²) in [7, 11) is 6.73. The molecule has 1 fully saturated rings. The Hall–Kier alpha value is -2.44. The number of methoxy groups -OCH3 is 4. The lowest BCUT2D eigenvalue weighted by molar-refractivity contribution is -0.0532. The molecule has 1 aliphatic heterocycles. The molecule has 1 atom stereocenters. The highest BCUT2D eigenvalue weighted by Crippen LogP contribution is 2.39. The van der Waals surface area contributed by atoms with Gasteiger partial charge in [0.15, 0.2) is 23.0 Å². The maximum atomic E-state index is 6.71. The molecule has 1 saturated carbocycles. The highest BCUT2D eigenvalue weighted by Gasteiger charge is 2.30. The van der Waals surface area contributed by atoms with E-state index in [2.05, 4.69) is 29.2 Å². The van der Waals surface area contributed by atoms with Gasteiger partial charge in [-0.25, -0.2) is 0 Å². The zero-order chi connectivity index (χ0) is 23.2. The number of hydrogen-bond acceptors (Lipinski definition) is 6. The number of ether oxygens (including phenoxy) is 5. The van der Waals surface area contributed by atoms with Crippen LogP contribution in [0.15, 0.2) is 30.3 Å². The van der Waals surface area contributed by atoms with Gasteiger partial charge in [0.05, 0.1) is 40.6 Å². The van der Waals surface area contributed by atoms with Crippen LogP contribution in [0.1, 0.15) is 54.9 Å². The predicted octanol–water partition coefficient (Wildman–Crippen LogP) is 5.17. The van der Waals surface area contributed by atoms with E-state index in [1.807, 2.05) is 6.07 Å². The highest BCUT2D eigenvalue weighted by molar-refractivity contribution is 5.49. The summed E-state index contributed by atoms with van der Waals surface area (Å²) in [4.78, 5) is 2.48. The summed E-state index contributed by atoms with van der Waals surface area (Å²) in [6, 6.07) is 10.4. The molecule has 0 N–H and O–H groups in total. The fourth-order valence-corrected chi connectivity index (χ4v) is 5.06. The highest BCUT2D eigenvalue weighted by atomic mass is 16.5. The van der Waals surface area contributed by atoms with E-state index >= 15 is 0 Å². The van der Waals surface area contributed by atoms with Gasteiger partial charge in [-0.15, -0.1) is 0 Å². The summed E-state index contributed by atoms with van der Waals surface area (Å²) in [5.41, 5.74) is 3.73. The van der Waals surface area contributed by atoms with E-state index in [-0.39, 0.29) is 6.10 Å².